The molecule has 1 heterocycles. The molecule has 26 heavy (non-hydrogen) atoms. The third-order valence-corrected chi connectivity index (χ3v) is 5.75. The standard InChI is InChI=1S/C22H22O3S/c1-22(2)12-13-26-20-14-17(9-10-18(20)22)19(23)11-6-15-4-7-16(8-5-15)21(24)25-3/h4-5,7-10,14,19,23H,12-13H2,1-3H3. The van der Waals surface area contributed by atoms with Crippen molar-refractivity contribution in [3.63, 3.8) is 0 Å². The van der Waals surface area contributed by atoms with Gasteiger partial charge in [0.2, 0.25) is 0 Å². The fourth-order valence-corrected chi connectivity index (χ4v) is 4.53. The summed E-state index contributed by atoms with van der Waals surface area (Å²) in [4.78, 5) is 12.7. The maximum Gasteiger partial charge on any atom is 0.337 e. The molecule has 0 spiro atoms. The van der Waals surface area contributed by atoms with Gasteiger partial charge in [-0.05, 0) is 59.0 Å². The summed E-state index contributed by atoms with van der Waals surface area (Å²) < 4.78 is 4.68. The fourth-order valence-electron chi connectivity index (χ4n) is 2.98. The van der Waals surface area contributed by atoms with Crippen LogP contribution < -0.4 is 0 Å². The molecule has 134 valence electrons. The second-order valence-corrected chi connectivity index (χ2v) is 8.12. The monoisotopic (exact) mass is 366 g/mol. The molecule has 0 fully saturated rings. The van der Waals surface area contributed by atoms with Crippen LogP contribution in [0.3, 0.4) is 0 Å². The van der Waals surface area contributed by atoms with Crippen LogP contribution in [0.5, 0.6) is 0 Å². The summed E-state index contributed by atoms with van der Waals surface area (Å²) in [6.07, 6.45) is 0.319. The minimum Gasteiger partial charge on any atom is -0.465 e. The molecule has 2 aromatic carbocycles. The molecule has 0 radical (unpaired) electrons. The van der Waals surface area contributed by atoms with E-state index < -0.39 is 6.10 Å². The second-order valence-electron chi connectivity index (χ2n) is 6.98. The molecule has 0 saturated heterocycles. The van der Waals surface area contributed by atoms with Crippen molar-refractivity contribution >= 4 is 17.7 Å². The molecule has 1 unspecified atom stereocenters. The number of rotatable bonds is 2. The first-order valence-electron chi connectivity index (χ1n) is 8.56. The van der Waals surface area contributed by atoms with Crippen LogP contribution in [0.25, 0.3) is 0 Å². The van der Waals surface area contributed by atoms with Gasteiger partial charge < -0.3 is 9.84 Å². The molecule has 2 aromatic rings. The van der Waals surface area contributed by atoms with E-state index in [9.17, 15) is 9.90 Å². The Bertz CT molecular complexity index is 872. The number of esters is 1. The fraction of sp³-hybridized carbons (Fsp3) is 0.318. The molecule has 0 saturated carbocycles. The van der Waals surface area contributed by atoms with E-state index >= 15 is 0 Å². The van der Waals surface area contributed by atoms with Crippen molar-refractivity contribution in [2.75, 3.05) is 12.9 Å². The van der Waals surface area contributed by atoms with Gasteiger partial charge in [-0.1, -0.05) is 37.8 Å². The smallest absolute Gasteiger partial charge is 0.337 e. The second kappa shape index (κ2) is 7.57. The minimum atomic E-state index is -0.841. The van der Waals surface area contributed by atoms with E-state index in [0.717, 1.165) is 23.3 Å². The van der Waals surface area contributed by atoms with E-state index in [0.29, 0.717) is 5.56 Å². The Hall–Kier alpha value is -2.22. The highest BCUT2D eigenvalue weighted by molar-refractivity contribution is 7.99. The van der Waals surface area contributed by atoms with E-state index in [1.807, 2.05) is 17.8 Å². The lowest BCUT2D eigenvalue weighted by Crippen LogP contribution is -2.22. The van der Waals surface area contributed by atoms with Crippen molar-refractivity contribution in [3.05, 3.63) is 64.7 Å². The zero-order valence-electron chi connectivity index (χ0n) is 15.2. The third-order valence-electron chi connectivity index (χ3n) is 4.69. The summed E-state index contributed by atoms with van der Waals surface area (Å²) in [7, 11) is 1.35. The van der Waals surface area contributed by atoms with Gasteiger partial charge in [-0.15, -0.1) is 11.8 Å². The summed E-state index contributed by atoms with van der Waals surface area (Å²) in [5.41, 5.74) is 3.55. The molecule has 0 amide bonds. The first kappa shape index (κ1) is 18.6. The average molecular weight is 366 g/mol. The Kier molecular flexibility index (Phi) is 5.41. The quantitative estimate of drug-likeness (QED) is 0.635. The SMILES string of the molecule is COC(=O)c1ccc(C#CC(O)c2ccc3c(c2)SCCC3(C)C)cc1. The molecule has 3 nitrogen and oxygen atoms in total. The van der Waals surface area contributed by atoms with Crippen molar-refractivity contribution in [2.45, 2.75) is 36.7 Å². The minimum absolute atomic E-state index is 0.178. The summed E-state index contributed by atoms with van der Waals surface area (Å²) in [6.45, 7) is 4.53. The Morgan fingerprint density at radius 2 is 1.96 bits per heavy atom. The van der Waals surface area contributed by atoms with Gasteiger partial charge in [0.15, 0.2) is 0 Å². The van der Waals surface area contributed by atoms with Crippen LogP contribution >= 0.6 is 11.8 Å². The van der Waals surface area contributed by atoms with Crippen molar-refractivity contribution in [3.8, 4) is 11.8 Å². The molecule has 1 aliphatic rings. The van der Waals surface area contributed by atoms with Gasteiger partial charge in [0, 0.05) is 10.5 Å². The van der Waals surface area contributed by atoms with Gasteiger partial charge in [-0.3, -0.25) is 0 Å². The number of thioether (sulfide) groups is 1. The van der Waals surface area contributed by atoms with Crippen molar-refractivity contribution in [1.82, 2.24) is 0 Å². The lowest BCUT2D eigenvalue weighted by atomic mass is 9.81. The van der Waals surface area contributed by atoms with E-state index in [1.54, 1.807) is 24.3 Å². The summed E-state index contributed by atoms with van der Waals surface area (Å²) >= 11 is 1.84. The molecule has 4 heteroatoms. The number of fused-ring (bicyclic) bond motifs is 1. The Labute approximate surface area is 158 Å². The first-order valence-corrected chi connectivity index (χ1v) is 9.54. The summed E-state index contributed by atoms with van der Waals surface area (Å²) in [6, 6.07) is 13.0. The Morgan fingerprint density at radius 3 is 2.65 bits per heavy atom. The van der Waals surface area contributed by atoms with Gasteiger partial charge >= 0.3 is 5.97 Å². The maximum atomic E-state index is 11.4. The highest BCUT2D eigenvalue weighted by Gasteiger charge is 2.28. The number of aliphatic hydroxyl groups is 1. The molecular weight excluding hydrogens is 344 g/mol. The summed E-state index contributed by atoms with van der Waals surface area (Å²) in [5.74, 6) is 6.57. The number of hydrogen-bond donors (Lipinski definition) is 1. The lowest BCUT2D eigenvalue weighted by molar-refractivity contribution is 0.0600. The highest BCUT2D eigenvalue weighted by Crippen LogP contribution is 2.42. The van der Waals surface area contributed by atoms with Crippen molar-refractivity contribution in [1.29, 1.82) is 0 Å². The van der Waals surface area contributed by atoms with Crippen molar-refractivity contribution in [2.24, 2.45) is 0 Å². The van der Waals surface area contributed by atoms with Gasteiger partial charge in [0.05, 0.1) is 12.7 Å². The molecule has 0 aliphatic carbocycles. The van der Waals surface area contributed by atoms with Crippen LogP contribution in [0.15, 0.2) is 47.4 Å². The van der Waals surface area contributed by atoms with Crippen LogP contribution in [0.4, 0.5) is 0 Å². The Morgan fingerprint density at radius 1 is 1.23 bits per heavy atom. The van der Waals surface area contributed by atoms with Crippen LogP contribution in [-0.4, -0.2) is 23.9 Å². The van der Waals surface area contributed by atoms with Gasteiger partial charge in [-0.25, -0.2) is 4.79 Å². The van der Waals surface area contributed by atoms with Crippen LogP contribution in [0, 0.1) is 11.8 Å². The van der Waals surface area contributed by atoms with E-state index in [2.05, 4.69) is 42.6 Å². The maximum absolute atomic E-state index is 11.4. The van der Waals surface area contributed by atoms with Gasteiger partial charge in [0.25, 0.3) is 0 Å². The highest BCUT2D eigenvalue weighted by atomic mass is 32.2. The molecule has 0 bridgehead atoms. The molecule has 1 N–H and O–H groups in total. The molecule has 0 aromatic heterocycles. The molecule has 3 rings (SSSR count). The largest absolute Gasteiger partial charge is 0.465 e. The number of benzene rings is 2. The number of methoxy groups -OCH3 is 1. The zero-order chi connectivity index (χ0) is 18.7. The topological polar surface area (TPSA) is 46.5 Å². The van der Waals surface area contributed by atoms with E-state index in [4.69, 9.17) is 0 Å². The average Bonchev–Trinajstić information content (AvgIpc) is 2.65. The van der Waals surface area contributed by atoms with Crippen LogP contribution in [-0.2, 0) is 10.2 Å². The number of carbonyl (C=O) groups excluding carboxylic acids is 1. The predicted octanol–water partition coefficient (Wildman–Crippen LogP) is 4.33. The Balaban J connectivity index is 1.78. The number of aliphatic hydroxyl groups excluding tert-OH is 1. The lowest BCUT2D eigenvalue weighted by Gasteiger charge is -2.32. The molecule has 1 aliphatic heterocycles. The van der Waals surface area contributed by atoms with Gasteiger partial charge in [-0.2, -0.15) is 0 Å². The van der Waals surface area contributed by atoms with E-state index in [1.165, 1.54) is 17.6 Å². The molecular formula is C22H22O3S. The predicted molar refractivity (Wildman–Crippen MR) is 104 cm³/mol. The van der Waals surface area contributed by atoms with Crippen LogP contribution in [0.2, 0.25) is 0 Å². The number of carbonyl (C=O) groups is 1. The number of ether oxygens (including phenoxy) is 1. The van der Waals surface area contributed by atoms with Crippen molar-refractivity contribution < 1.29 is 14.6 Å². The zero-order valence-corrected chi connectivity index (χ0v) is 16.0. The first-order chi connectivity index (χ1) is 12.4. The number of hydrogen-bond acceptors (Lipinski definition) is 4. The van der Waals surface area contributed by atoms with E-state index in [-0.39, 0.29) is 11.4 Å². The normalized spacial score (nSPS) is 16.0. The van der Waals surface area contributed by atoms with Crippen LogP contribution in [0.1, 0.15) is 53.4 Å². The molecule has 1 atom stereocenters. The third kappa shape index (κ3) is 3.95. The summed E-state index contributed by atoms with van der Waals surface area (Å²) in [5, 5.41) is 10.4. The van der Waals surface area contributed by atoms with Gasteiger partial charge in [0.1, 0.15) is 6.10 Å².